The van der Waals surface area contributed by atoms with Crippen molar-refractivity contribution < 1.29 is 9.84 Å². The van der Waals surface area contributed by atoms with Gasteiger partial charge in [0, 0.05) is 17.1 Å². The smallest absolute Gasteiger partial charge is 0.133 e. The maximum absolute atomic E-state index is 9.00. The molecule has 0 aliphatic heterocycles. The standard InChI is InChI=1S/C15H16ClNO2/c1-17-9-12-4-5-13(16)8-15(12)19-14-6-2-11(10-18)3-7-14/h2-8,17-18H,9-10H2,1H3. The molecule has 0 atom stereocenters. The Bertz CT molecular complexity index is 540. The summed E-state index contributed by atoms with van der Waals surface area (Å²) in [5.41, 5.74) is 1.90. The minimum absolute atomic E-state index is 0.0302. The summed E-state index contributed by atoms with van der Waals surface area (Å²) in [6.45, 7) is 0.740. The lowest BCUT2D eigenvalue weighted by Crippen LogP contribution is -2.06. The lowest BCUT2D eigenvalue weighted by Gasteiger charge is -2.11. The summed E-state index contributed by atoms with van der Waals surface area (Å²) in [6.07, 6.45) is 0. The first-order valence-corrected chi connectivity index (χ1v) is 6.41. The number of rotatable bonds is 5. The topological polar surface area (TPSA) is 41.5 Å². The van der Waals surface area contributed by atoms with E-state index in [9.17, 15) is 0 Å². The van der Waals surface area contributed by atoms with Crippen LogP contribution in [-0.4, -0.2) is 12.2 Å². The third kappa shape index (κ3) is 3.70. The van der Waals surface area contributed by atoms with Crippen LogP contribution in [0.15, 0.2) is 42.5 Å². The first kappa shape index (κ1) is 13.9. The lowest BCUT2D eigenvalue weighted by molar-refractivity contribution is 0.281. The summed E-state index contributed by atoms with van der Waals surface area (Å²) in [5, 5.41) is 12.7. The van der Waals surface area contributed by atoms with E-state index in [2.05, 4.69) is 5.32 Å². The van der Waals surface area contributed by atoms with Gasteiger partial charge in [-0.05, 0) is 36.9 Å². The monoisotopic (exact) mass is 277 g/mol. The molecular weight excluding hydrogens is 262 g/mol. The van der Waals surface area contributed by atoms with Crippen molar-refractivity contribution in [2.45, 2.75) is 13.2 Å². The normalized spacial score (nSPS) is 10.5. The van der Waals surface area contributed by atoms with Gasteiger partial charge in [-0.1, -0.05) is 29.8 Å². The summed E-state index contributed by atoms with van der Waals surface area (Å²) in [7, 11) is 1.88. The highest BCUT2D eigenvalue weighted by molar-refractivity contribution is 6.30. The molecule has 3 nitrogen and oxygen atoms in total. The van der Waals surface area contributed by atoms with Crippen LogP contribution in [0.1, 0.15) is 11.1 Å². The Labute approximate surface area is 117 Å². The molecule has 2 aromatic rings. The van der Waals surface area contributed by atoms with Gasteiger partial charge in [-0.2, -0.15) is 0 Å². The van der Waals surface area contributed by atoms with Gasteiger partial charge in [-0.3, -0.25) is 0 Å². The van der Waals surface area contributed by atoms with Gasteiger partial charge in [0.05, 0.1) is 6.61 Å². The Morgan fingerprint density at radius 2 is 1.89 bits per heavy atom. The fourth-order valence-corrected chi connectivity index (χ4v) is 1.91. The highest BCUT2D eigenvalue weighted by atomic mass is 35.5. The molecule has 0 saturated heterocycles. The van der Waals surface area contributed by atoms with Crippen molar-refractivity contribution in [2.75, 3.05) is 7.05 Å². The molecule has 0 aliphatic carbocycles. The van der Waals surface area contributed by atoms with E-state index in [0.29, 0.717) is 11.6 Å². The van der Waals surface area contributed by atoms with E-state index in [-0.39, 0.29) is 6.61 Å². The second-order valence-electron chi connectivity index (χ2n) is 4.19. The van der Waals surface area contributed by atoms with Gasteiger partial charge in [0.15, 0.2) is 0 Å². The Hall–Kier alpha value is -1.55. The zero-order valence-corrected chi connectivity index (χ0v) is 11.4. The summed E-state index contributed by atoms with van der Waals surface area (Å²) < 4.78 is 5.84. The second-order valence-corrected chi connectivity index (χ2v) is 4.62. The molecule has 0 radical (unpaired) electrons. The molecule has 2 N–H and O–H groups in total. The van der Waals surface area contributed by atoms with Gasteiger partial charge in [-0.25, -0.2) is 0 Å². The number of benzene rings is 2. The molecular formula is C15H16ClNO2. The molecule has 0 bridgehead atoms. The number of halogens is 1. The van der Waals surface area contributed by atoms with E-state index < -0.39 is 0 Å². The van der Waals surface area contributed by atoms with Crippen molar-refractivity contribution in [3.63, 3.8) is 0 Å². The van der Waals surface area contributed by atoms with Crippen LogP contribution in [0, 0.1) is 0 Å². The zero-order chi connectivity index (χ0) is 13.7. The van der Waals surface area contributed by atoms with Crippen molar-refractivity contribution in [3.8, 4) is 11.5 Å². The van der Waals surface area contributed by atoms with Crippen LogP contribution in [0.3, 0.4) is 0 Å². The molecule has 0 aromatic heterocycles. The minimum Gasteiger partial charge on any atom is -0.457 e. The Balaban J connectivity index is 2.23. The van der Waals surface area contributed by atoms with Gasteiger partial charge in [0.25, 0.3) is 0 Å². The van der Waals surface area contributed by atoms with Crippen LogP contribution >= 0.6 is 11.6 Å². The summed E-state index contributed by atoms with van der Waals surface area (Å²) >= 11 is 6.00. The predicted octanol–water partition coefficient (Wildman–Crippen LogP) is 3.34. The van der Waals surface area contributed by atoms with E-state index >= 15 is 0 Å². The van der Waals surface area contributed by atoms with E-state index in [1.165, 1.54) is 0 Å². The molecule has 2 rings (SSSR count). The van der Waals surface area contributed by atoms with Crippen LogP contribution in [0.2, 0.25) is 5.02 Å². The van der Waals surface area contributed by atoms with E-state index in [0.717, 1.165) is 22.6 Å². The van der Waals surface area contributed by atoms with Crippen LogP contribution in [0.5, 0.6) is 11.5 Å². The van der Waals surface area contributed by atoms with Gasteiger partial charge >= 0.3 is 0 Å². The average Bonchev–Trinajstić information content (AvgIpc) is 2.43. The molecule has 0 amide bonds. The van der Waals surface area contributed by atoms with Crippen molar-refractivity contribution in [1.82, 2.24) is 5.32 Å². The Morgan fingerprint density at radius 1 is 1.16 bits per heavy atom. The largest absolute Gasteiger partial charge is 0.457 e. The van der Waals surface area contributed by atoms with Crippen LogP contribution in [0.25, 0.3) is 0 Å². The Kier molecular flexibility index (Phi) is 4.80. The molecule has 2 aromatic carbocycles. The summed E-state index contributed by atoms with van der Waals surface area (Å²) in [5.74, 6) is 1.45. The predicted molar refractivity (Wildman–Crippen MR) is 76.7 cm³/mol. The number of nitrogens with one attached hydrogen (secondary N) is 1. The molecule has 0 saturated carbocycles. The Morgan fingerprint density at radius 3 is 2.53 bits per heavy atom. The molecule has 4 heteroatoms. The third-order valence-electron chi connectivity index (χ3n) is 2.73. The molecule has 19 heavy (non-hydrogen) atoms. The number of hydrogen-bond acceptors (Lipinski definition) is 3. The highest BCUT2D eigenvalue weighted by Crippen LogP contribution is 2.28. The number of aliphatic hydroxyl groups excluding tert-OH is 1. The van der Waals surface area contributed by atoms with Crippen molar-refractivity contribution in [3.05, 3.63) is 58.6 Å². The van der Waals surface area contributed by atoms with Crippen LogP contribution in [0.4, 0.5) is 0 Å². The number of ether oxygens (including phenoxy) is 1. The van der Waals surface area contributed by atoms with Crippen molar-refractivity contribution in [1.29, 1.82) is 0 Å². The second kappa shape index (κ2) is 6.57. The van der Waals surface area contributed by atoms with Gasteiger partial charge in [0.2, 0.25) is 0 Å². The third-order valence-corrected chi connectivity index (χ3v) is 2.97. The lowest BCUT2D eigenvalue weighted by atomic mass is 10.2. The quantitative estimate of drug-likeness (QED) is 0.881. The fourth-order valence-electron chi connectivity index (χ4n) is 1.75. The molecule has 0 aliphatic rings. The number of hydrogen-bond donors (Lipinski definition) is 2. The SMILES string of the molecule is CNCc1ccc(Cl)cc1Oc1ccc(CO)cc1. The molecule has 0 heterocycles. The first-order chi connectivity index (χ1) is 9.22. The van der Waals surface area contributed by atoms with E-state index in [4.69, 9.17) is 21.4 Å². The van der Waals surface area contributed by atoms with Gasteiger partial charge < -0.3 is 15.2 Å². The van der Waals surface area contributed by atoms with Crippen LogP contribution in [-0.2, 0) is 13.2 Å². The maximum atomic E-state index is 9.00. The average molecular weight is 278 g/mol. The van der Waals surface area contributed by atoms with Crippen LogP contribution < -0.4 is 10.1 Å². The van der Waals surface area contributed by atoms with E-state index in [1.54, 1.807) is 6.07 Å². The summed E-state index contributed by atoms with van der Waals surface area (Å²) in [4.78, 5) is 0. The van der Waals surface area contributed by atoms with Crippen molar-refractivity contribution in [2.24, 2.45) is 0 Å². The molecule has 0 spiro atoms. The van der Waals surface area contributed by atoms with Gasteiger partial charge in [0.1, 0.15) is 11.5 Å². The fraction of sp³-hybridized carbons (Fsp3) is 0.200. The minimum atomic E-state index is 0.0302. The summed E-state index contributed by atoms with van der Waals surface area (Å²) in [6, 6.07) is 12.9. The van der Waals surface area contributed by atoms with Crippen molar-refractivity contribution >= 4 is 11.6 Å². The molecule has 0 unspecified atom stereocenters. The molecule has 100 valence electrons. The van der Waals surface area contributed by atoms with E-state index in [1.807, 2.05) is 43.4 Å². The zero-order valence-electron chi connectivity index (χ0n) is 10.7. The first-order valence-electron chi connectivity index (χ1n) is 6.03. The maximum Gasteiger partial charge on any atom is 0.133 e. The van der Waals surface area contributed by atoms with Gasteiger partial charge in [-0.15, -0.1) is 0 Å². The molecule has 0 fully saturated rings. The number of aliphatic hydroxyl groups is 1. The highest BCUT2D eigenvalue weighted by Gasteiger charge is 2.05.